The molecule has 6 heteroatoms. The van der Waals surface area contributed by atoms with E-state index in [4.69, 9.17) is 5.73 Å². The number of aromatic amines is 1. The van der Waals surface area contributed by atoms with Crippen molar-refractivity contribution in [2.75, 3.05) is 5.32 Å². The number of thiocarbonyl (C=S) groups is 1. The maximum atomic E-state index is 11.7. The minimum absolute atomic E-state index is 0.0201. The summed E-state index contributed by atoms with van der Waals surface area (Å²) < 4.78 is 0. The fourth-order valence-electron chi connectivity index (χ4n) is 1.74. The highest BCUT2D eigenvalue weighted by atomic mass is 32.1. The first-order chi connectivity index (χ1) is 7.97. The topological polar surface area (TPSA) is 83.8 Å². The number of hydrogen-bond acceptors (Lipinski definition) is 3. The second-order valence-corrected chi connectivity index (χ2v) is 4.32. The fraction of sp³-hybridized carbons (Fsp3) is 0.182. The first-order valence-corrected chi connectivity index (χ1v) is 5.46. The van der Waals surface area contributed by atoms with Crippen LogP contribution in [0.2, 0.25) is 0 Å². The Kier molecular flexibility index (Phi) is 2.81. The molecule has 0 unspecified atom stereocenters. The average molecular weight is 248 g/mol. The third-order valence-corrected chi connectivity index (χ3v) is 2.49. The lowest BCUT2D eigenvalue weighted by molar-refractivity contribution is 1.20. The summed E-state index contributed by atoms with van der Waals surface area (Å²) in [5.41, 5.74) is 8.49. The molecule has 2 aromatic rings. The molecule has 88 valence electrons. The van der Waals surface area contributed by atoms with Crippen LogP contribution in [0.1, 0.15) is 11.1 Å². The highest BCUT2D eigenvalue weighted by Gasteiger charge is 2.07. The molecule has 4 N–H and O–H groups in total. The van der Waals surface area contributed by atoms with E-state index < -0.39 is 0 Å². The monoisotopic (exact) mass is 248 g/mol. The van der Waals surface area contributed by atoms with E-state index in [0.717, 1.165) is 16.6 Å². The Morgan fingerprint density at radius 1 is 1.47 bits per heavy atom. The van der Waals surface area contributed by atoms with Gasteiger partial charge >= 0.3 is 0 Å². The zero-order chi connectivity index (χ0) is 12.6. The largest absolute Gasteiger partial charge is 0.376 e. The Labute approximate surface area is 103 Å². The van der Waals surface area contributed by atoms with Gasteiger partial charge in [-0.2, -0.15) is 0 Å². The molecule has 0 spiro atoms. The molecule has 0 bridgehead atoms. The van der Waals surface area contributed by atoms with Crippen LogP contribution in [0, 0.1) is 13.8 Å². The molecule has 0 amide bonds. The van der Waals surface area contributed by atoms with Gasteiger partial charge in [0.1, 0.15) is 0 Å². The number of fused-ring (bicyclic) bond motifs is 1. The molecule has 0 fully saturated rings. The van der Waals surface area contributed by atoms with Gasteiger partial charge < -0.3 is 16.0 Å². The number of aromatic nitrogens is 2. The molecule has 1 heterocycles. The number of aryl methyl sites for hydroxylation is 2. The molecule has 1 aromatic heterocycles. The van der Waals surface area contributed by atoms with Crippen molar-refractivity contribution >= 4 is 34.2 Å². The van der Waals surface area contributed by atoms with Gasteiger partial charge in [-0.05, 0) is 43.3 Å². The van der Waals surface area contributed by atoms with E-state index in [1.165, 1.54) is 0 Å². The third kappa shape index (κ3) is 2.26. The normalized spacial score (nSPS) is 10.5. The van der Waals surface area contributed by atoms with Crippen LogP contribution >= 0.6 is 12.2 Å². The second-order valence-electron chi connectivity index (χ2n) is 3.88. The van der Waals surface area contributed by atoms with Crippen LogP contribution in [0.25, 0.3) is 11.0 Å². The van der Waals surface area contributed by atoms with E-state index in [-0.39, 0.29) is 16.5 Å². The molecule has 1 aromatic carbocycles. The molecular formula is C11H12N4OS. The molecule has 0 aliphatic heterocycles. The Morgan fingerprint density at radius 2 is 2.18 bits per heavy atom. The molecule has 0 radical (unpaired) electrons. The Bertz CT molecular complexity index is 662. The van der Waals surface area contributed by atoms with Crippen LogP contribution in [0.15, 0.2) is 16.9 Å². The van der Waals surface area contributed by atoms with Crippen LogP contribution in [0.3, 0.4) is 0 Å². The molecule has 17 heavy (non-hydrogen) atoms. The highest BCUT2D eigenvalue weighted by Crippen LogP contribution is 2.16. The van der Waals surface area contributed by atoms with E-state index in [0.29, 0.717) is 5.52 Å². The van der Waals surface area contributed by atoms with Gasteiger partial charge in [0.05, 0.1) is 11.0 Å². The quantitative estimate of drug-likeness (QED) is 0.660. The summed E-state index contributed by atoms with van der Waals surface area (Å²) in [5, 5.41) is 2.58. The third-order valence-electron chi connectivity index (χ3n) is 2.39. The van der Waals surface area contributed by atoms with Crippen LogP contribution in [-0.4, -0.2) is 15.1 Å². The van der Waals surface area contributed by atoms with Crippen molar-refractivity contribution in [3.05, 3.63) is 33.6 Å². The van der Waals surface area contributed by atoms with Crippen LogP contribution < -0.4 is 16.6 Å². The summed E-state index contributed by atoms with van der Waals surface area (Å²) in [5.74, 6) is 0.120. The zero-order valence-corrected chi connectivity index (χ0v) is 10.3. The molecule has 5 nitrogen and oxygen atoms in total. The molecule has 0 aliphatic rings. The van der Waals surface area contributed by atoms with Gasteiger partial charge in [0.15, 0.2) is 10.9 Å². The number of benzene rings is 1. The van der Waals surface area contributed by atoms with E-state index >= 15 is 0 Å². The van der Waals surface area contributed by atoms with Crippen LogP contribution in [-0.2, 0) is 0 Å². The lowest BCUT2D eigenvalue weighted by atomic mass is 10.1. The molecular weight excluding hydrogens is 236 g/mol. The van der Waals surface area contributed by atoms with Crippen molar-refractivity contribution < 1.29 is 0 Å². The zero-order valence-electron chi connectivity index (χ0n) is 9.50. The summed E-state index contributed by atoms with van der Waals surface area (Å²) in [6.45, 7) is 3.90. The van der Waals surface area contributed by atoms with Crippen molar-refractivity contribution in [3.63, 3.8) is 0 Å². The van der Waals surface area contributed by atoms with Crippen molar-refractivity contribution in [1.29, 1.82) is 0 Å². The summed E-state index contributed by atoms with van der Waals surface area (Å²) >= 11 is 4.69. The maximum absolute atomic E-state index is 11.7. The van der Waals surface area contributed by atoms with Crippen LogP contribution in [0.5, 0.6) is 0 Å². The highest BCUT2D eigenvalue weighted by molar-refractivity contribution is 7.80. The maximum Gasteiger partial charge on any atom is 0.291 e. The Hall–Kier alpha value is -1.95. The molecule has 2 rings (SSSR count). The molecule has 0 atom stereocenters. The summed E-state index contributed by atoms with van der Waals surface area (Å²) in [6, 6.07) is 3.88. The standard InChI is InChI=1S/C11H12N4OS/c1-5-3-6(2)8-7(4-5)13-9(10(16)14-8)15-11(12)17/h3-4H,1-2H3,(H,14,16)(H3,12,13,15,17). The lowest BCUT2D eigenvalue weighted by Gasteiger charge is -2.06. The average Bonchev–Trinajstić information content (AvgIpc) is 2.20. The van der Waals surface area contributed by atoms with E-state index in [1.807, 2.05) is 26.0 Å². The van der Waals surface area contributed by atoms with Gasteiger partial charge in [-0.25, -0.2) is 4.98 Å². The summed E-state index contributed by atoms with van der Waals surface area (Å²) in [4.78, 5) is 18.7. The van der Waals surface area contributed by atoms with Crippen molar-refractivity contribution in [2.45, 2.75) is 13.8 Å². The number of nitrogens with two attached hydrogens (primary N) is 1. The van der Waals surface area contributed by atoms with Crippen molar-refractivity contribution in [1.82, 2.24) is 9.97 Å². The number of H-pyrrole nitrogens is 1. The summed E-state index contributed by atoms with van der Waals surface area (Å²) in [7, 11) is 0. The molecule has 0 saturated carbocycles. The fourth-order valence-corrected chi connectivity index (χ4v) is 1.84. The lowest BCUT2D eigenvalue weighted by Crippen LogP contribution is -2.25. The van der Waals surface area contributed by atoms with Gasteiger partial charge in [-0.1, -0.05) is 6.07 Å². The number of nitrogens with zero attached hydrogens (tertiary/aromatic N) is 1. The Balaban J connectivity index is 2.71. The van der Waals surface area contributed by atoms with E-state index in [2.05, 4.69) is 27.5 Å². The number of hydrogen-bond donors (Lipinski definition) is 3. The number of rotatable bonds is 1. The molecule has 0 aliphatic carbocycles. The van der Waals surface area contributed by atoms with Crippen molar-refractivity contribution in [3.8, 4) is 0 Å². The predicted molar refractivity (Wildman–Crippen MR) is 72.2 cm³/mol. The minimum atomic E-state index is -0.336. The van der Waals surface area contributed by atoms with Gasteiger partial charge in [0.2, 0.25) is 0 Å². The van der Waals surface area contributed by atoms with Crippen LogP contribution in [0.4, 0.5) is 5.82 Å². The number of nitrogens with one attached hydrogen (secondary N) is 2. The SMILES string of the molecule is Cc1cc(C)c2[nH]c(=O)c(NC(N)=S)nc2c1. The van der Waals surface area contributed by atoms with Gasteiger partial charge in [0.25, 0.3) is 5.56 Å². The van der Waals surface area contributed by atoms with E-state index in [9.17, 15) is 4.79 Å². The smallest absolute Gasteiger partial charge is 0.291 e. The number of anilines is 1. The van der Waals surface area contributed by atoms with E-state index in [1.54, 1.807) is 0 Å². The van der Waals surface area contributed by atoms with Gasteiger partial charge in [0, 0.05) is 0 Å². The second kappa shape index (κ2) is 4.14. The van der Waals surface area contributed by atoms with Crippen molar-refractivity contribution in [2.24, 2.45) is 5.73 Å². The molecule has 0 saturated heterocycles. The summed E-state index contributed by atoms with van der Waals surface area (Å²) in [6.07, 6.45) is 0. The van der Waals surface area contributed by atoms with Gasteiger partial charge in [-0.3, -0.25) is 4.79 Å². The first-order valence-electron chi connectivity index (χ1n) is 5.05. The minimum Gasteiger partial charge on any atom is -0.376 e. The predicted octanol–water partition coefficient (Wildman–Crippen LogP) is 1.20. The Morgan fingerprint density at radius 3 is 2.82 bits per heavy atom. The first kappa shape index (κ1) is 11.5. The van der Waals surface area contributed by atoms with Gasteiger partial charge in [-0.15, -0.1) is 0 Å².